The van der Waals surface area contributed by atoms with Gasteiger partial charge in [-0.2, -0.15) is 0 Å². The van der Waals surface area contributed by atoms with Crippen molar-refractivity contribution >= 4 is 11.7 Å². The molecule has 1 aliphatic rings. The summed E-state index contributed by atoms with van der Waals surface area (Å²) in [7, 11) is 0. The molecule has 17 heavy (non-hydrogen) atoms. The lowest BCUT2D eigenvalue weighted by atomic mass is 9.93. The molecule has 0 radical (unpaired) electrons. The fourth-order valence-corrected chi connectivity index (χ4v) is 1.79. The molecule has 0 unspecified atom stereocenters. The standard InChI is InChI=1S/C13H19N3O/c14-11-6-4-10(5-7-11)8-9-15-13(17)16-12-2-1-3-12/h4-7,12H,1-3,8-9,14H2,(H2,15,16,17). The summed E-state index contributed by atoms with van der Waals surface area (Å²) in [4.78, 5) is 11.4. The zero-order valence-electron chi connectivity index (χ0n) is 9.91. The highest BCUT2D eigenvalue weighted by Gasteiger charge is 2.18. The van der Waals surface area contributed by atoms with Crippen LogP contribution in [0.4, 0.5) is 10.5 Å². The fraction of sp³-hybridized carbons (Fsp3) is 0.462. The Labute approximate surface area is 102 Å². The predicted molar refractivity (Wildman–Crippen MR) is 68.7 cm³/mol. The van der Waals surface area contributed by atoms with Crippen molar-refractivity contribution in [2.45, 2.75) is 31.7 Å². The van der Waals surface area contributed by atoms with E-state index in [9.17, 15) is 4.79 Å². The first-order valence-corrected chi connectivity index (χ1v) is 6.13. The largest absolute Gasteiger partial charge is 0.399 e. The van der Waals surface area contributed by atoms with Gasteiger partial charge in [-0.05, 0) is 43.4 Å². The van der Waals surface area contributed by atoms with Gasteiger partial charge in [-0.3, -0.25) is 0 Å². The van der Waals surface area contributed by atoms with Gasteiger partial charge in [0.05, 0.1) is 0 Å². The van der Waals surface area contributed by atoms with Crippen LogP contribution in [0.25, 0.3) is 0 Å². The highest BCUT2D eigenvalue weighted by atomic mass is 16.2. The number of nitrogen functional groups attached to an aromatic ring is 1. The van der Waals surface area contributed by atoms with E-state index in [1.807, 2.05) is 24.3 Å². The average molecular weight is 233 g/mol. The Kier molecular flexibility index (Phi) is 3.85. The average Bonchev–Trinajstić information content (AvgIpc) is 2.26. The second kappa shape index (κ2) is 5.57. The number of rotatable bonds is 4. The second-order valence-electron chi connectivity index (χ2n) is 4.52. The summed E-state index contributed by atoms with van der Waals surface area (Å²) < 4.78 is 0. The Morgan fingerprint density at radius 3 is 2.59 bits per heavy atom. The number of nitrogens with two attached hydrogens (primary N) is 1. The summed E-state index contributed by atoms with van der Waals surface area (Å²) in [6.07, 6.45) is 4.30. The van der Waals surface area contributed by atoms with Crippen LogP contribution in [-0.4, -0.2) is 18.6 Å². The number of carbonyl (C=O) groups excluding carboxylic acids is 1. The minimum atomic E-state index is -0.0508. The van der Waals surface area contributed by atoms with Crippen LogP contribution in [0.15, 0.2) is 24.3 Å². The highest BCUT2D eigenvalue weighted by molar-refractivity contribution is 5.74. The van der Waals surface area contributed by atoms with E-state index in [1.165, 1.54) is 12.0 Å². The van der Waals surface area contributed by atoms with E-state index < -0.39 is 0 Å². The van der Waals surface area contributed by atoms with Crippen LogP contribution in [0.1, 0.15) is 24.8 Å². The summed E-state index contributed by atoms with van der Waals surface area (Å²) in [6.45, 7) is 0.655. The molecule has 1 aliphatic carbocycles. The van der Waals surface area contributed by atoms with Crippen LogP contribution in [0.2, 0.25) is 0 Å². The quantitative estimate of drug-likeness (QED) is 0.692. The van der Waals surface area contributed by atoms with Crippen molar-refractivity contribution in [3.05, 3.63) is 29.8 Å². The number of urea groups is 1. The third-order valence-corrected chi connectivity index (χ3v) is 3.12. The highest BCUT2D eigenvalue weighted by Crippen LogP contribution is 2.17. The number of nitrogens with one attached hydrogen (secondary N) is 2. The van der Waals surface area contributed by atoms with Crippen LogP contribution < -0.4 is 16.4 Å². The number of hydrogen-bond donors (Lipinski definition) is 3. The molecular weight excluding hydrogens is 214 g/mol. The van der Waals surface area contributed by atoms with Gasteiger partial charge in [0.2, 0.25) is 0 Å². The van der Waals surface area contributed by atoms with Crippen LogP contribution in [0.3, 0.4) is 0 Å². The van der Waals surface area contributed by atoms with Crippen molar-refractivity contribution in [3.8, 4) is 0 Å². The maximum Gasteiger partial charge on any atom is 0.315 e. The zero-order valence-corrected chi connectivity index (χ0v) is 9.91. The van der Waals surface area contributed by atoms with E-state index in [0.717, 1.165) is 24.9 Å². The second-order valence-corrected chi connectivity index (χ2v) is 4.52. The van der Waals surface area contributed by atoms with E-state index in [2.05, 4.69) is 10.6 Å². The molecule has 0 aromatic heterocycles. The molecule has 0 heterocycles. The van der Waals surface area contributed by atoms with Gasteiger partial charge in [-0.25, -0.2) is 4.79 Å². The molecule has 2 rings (SSSR count). The monoisotopic (exact) mass is 233 g/mol. The number of benzene rings is 1. The SMILES string of the molecule is Nc1ccc(CCNC(=O)NC2CCC2)cc1. The molecule has 0 aliphatic heterocycles. The lowest BCUT2D eigenvalue weighted by Crippen LogP contribution is -2.45. The Morgan fingerprint density at radius 2 is 2.00 bits per heavy atom. The Morgan fingerprint density at radius 1 is 1.29 bits per heavy atom. The molecule has 0 spiro atoms. The van der Waals surface area contributed by atoms with Crippen molar-refractivity contribution in [3.63, 3.8) is 0 Å². The number of carbonyl (C=O) groups is 1. The van der Waals surface area contributed by atoms with Gasteiger partial charge >= 0.3 is 6.03 Å². The van der Waals surface area contributed by atoms with Crippen LogP contribution in [-0.2, 0) is 6.42 Å². The first kappa shape index (κ1) is 11.8. The smallest absolute Gasteiger partial charge is 0.315 e. The summed E-state index contributed by atoms with van der Waals surface area (Å²) in [5, 5.41) is 5.81. The lowest BCUT2D eigenvalue weighted by Gasteiger charge is -2.26. The Balaban J connectivity index is 1.64. The summed E-state index contributed by atoms with van der Waals surface area (Å²) in [5.74, 6) is 0. The minimum absolute atomic E-state index is 0.0508. The molecule has 2 amide bonds. The third-order valence-electron chi connectivity index (χ3n) is 3.12. The molecule has 1 aromatic rings. The maximum atomic E-state index is 11.4. The normalized spacial score (nSPS) is 15.1. The molecule has 4 heteroatoms. The molecule has 1 aromatic carbocycles. The topological polar surface area (TPSA) is 67.1 Å². The molecule has 0 saturated heterocycles. The summed E-state index contributed by atoms with van der Waals surface area (Å²) in [6, 6.07) is 8.08. The molecule has 1 saturated carbocycles. The van der Waals surface area contributed by atoms with Gasteiger partial charge in [0, 0.05) is 18.3 Å². The first-order valence-electron chi connectivity index (χ1n) is 6.13. The number of hydrogen-bond acceptors (Lipinski definition) is 2. The van der Waals surface area contributed by atoms with Crippen molar-refractivity contribution < 1.29 is 4.79 Å². The summed E-state index contributed by atoms with van der Waals surface area (Å²) in [5.41, 5.74) is 7.55. The van der Waals surface area contributed by atoms with Gasteiger partial charge in [0.15, 0.2) is 0 Å². The lowest BCUT2D eigenvalue weighted by molar-refractivity contribution is 0.228. The van der Waals surface area contributed by atoms with E-state index in [4.69, 9.17) is 5.73 Å². The van der Waals surface area contributed by atoms with Crippen LogP contribution in [0.5, 0.6) is 0 Å². The maximum absolute atomic E-state index is 11.4. The first-order chi connectivity index (χ1) is 8.24. The fourth-order valence-electron chi connectivity index (χ4n) is 1.79. The third kappa shape index (κ3) is 3.66. The van der Waals surface area contributed by atoms with Gasteiger partial charge in [-0.1, -0.05) is 12.1 Å². The number of anilines is 1. The van der Waals surface area contributed by atoms with E-state index in [0.29, 0.717) is 12.6 Å². The molecule has 4 nitrogen and oxygen atoms in total. The molecule has 4 N–H and O–H groups in total. The van der Waals surface area contributed by atoms with Crippen LogP contribution in [0, 0.1) is 0 Å². The van der Waals surface area contributed by atoms with Crippen LogP contribution >= 0.6 is 0 Å². The van der Waals surface area contributed by atoms with Gasteiger partial charge < -0.3 is 16.4 Å². The number of amides is 2. The Bertz CT molecular complexity index is 371. The Hall–Kier alpha value is -1.71. The molecule has 0 atom stereocenters. The van der Waals surface area contributed by atoms with Gasteiger partial charge in [0.1, 0.15) is 0 Å². The zero-order chi connectivity index (χ0) is 12.1. The van der Waals surface area contributed by atoms with Crippen molar-refractivity contribution in [1.82, 2.24) is 10.6 Å². The summed E-state index contributed by atoms with van der Waals surface area (Å²) >= 11 is 0. The van der Waals surface area contributed by atoms with Crippen molar-refractivity contribution in [2.75, 3.05) is 12.3 Å². The minimum Gasteiger partial charge on any atom is -0.399 e. The van der Waals surface area contributed by atoms with E-state index in [1.54, 1.807) is 0 Å². The molecule has 92 valence electrons. The van der Waals surface area contributed by atoms with Crippen molar-refractivity contribution in [2.24, 2.45) is 0 Å². The molecule has 0 bridgehead atoms. The van der Waals surface area contributed by atoms with Crippen molar-refractivity contribution in [1.29, 1.82) is 0 Å². The predicted octanol–water partition coefficient (Wildman–Crippen LogP) is 1.66. The molecular formula is C13H19N3O. The van der Waals surface area contributed by atoms with Gasteiger partial charge in [0.25, 0.3) is 0 Å². The molecule has 1 fully saturated rings. The van der Waals surface area contributed by atoms with Gasteiger partial charge in [-0.15, -0.1) is 0 Å². The van der Waals surface area contributed by atoms with E-state index >= 15 is 0 Å². The van der Waals surface area contributed by atoms with E-state index in [-0.39, 0.29) is 6.03 Å².